The number of rotatable bonds is 2. The molecule has 5 heteroatoms. The van der Waals surface area contributed by atoms with Gasteiger partial charge < -0.3 is 5.32 Å². The summed E-state index contributed by atoms with van der Waals surface area (Å²) in [6, 6.07) is 13.0. The lowest BCUT2D eigenvalue weighted by molar-refractivity contribution is 0.599. The first-order valence-corrected chi connectivity index (χ1v) is 8.65. The standard InChI is InChI=1S/C17H18N2O2S/c1-11(2)13-9-6-7-12(3)16(13)18-17-14-8-4-5-10-15(14)22(20,21)19-17/h4-11H,1-3H3,(H,18,19). The summed E-state index contributed by atoms with van der Waals surface area (Å²) in [5.41, 5.74) is 3.77. The largest absolute Gasteiger partial charge is 0.339 e. The van der Waals surface area contributed by atoms with Crippen LogP contribution >= 0.6 is 0 Å². The molecule has 0 atom stereocenters. The number of anilines is 1. The molecule has 22 heavy (non-hydrogen) atoms. The van der Waals surface area contributed by atoms with E-state index in [9.17, 15) is 8.42 Å². The monoisotopic (exact) mass is 314 g/mol. The molecule has 0 fully saturated rings. The molecule has 0 amide bonds. The number of benzene rings is 2. The predicted molar refractivity (Wildman–Crippen MR) is 89.1 cm³/mol. The first kappa shape index (κ1) is 14.8. The Morgan fingerprint density at radius 3 is 2.50 bits per heavy atom. The second kappa shape index (κ2) is 5.25. The van der Waals surface area contributed by atoms with Crippen molar-refractivity contribution in [1.29, 1.82) is 0 Å². The number of aryl methyl sites for hydroxylation is 1. The van der Waals surface area contributed by atoms with Crippen LogP contribution in [0.3, 0.4) is 0 Å². The van der Waals surface area contributed by atoms with Crippen molar-refractivity contribution in [2.24, 2.45) is 4.40 Å². The van der Waals surface area contributed by atoms with E-state index in [1.807, 2.05) is 25.1 Å². The maximum absolute atomic E-state index is 12.1. The lowest BCUT2D eigenvalue weighted by Gasteiger charge is -2.17. The molecule has 1 aliphatic rings. The van der Waals surface area contributed by atoms with Crippen molar-refractivity contribution >= 4 is 21.5 Å². The Bertz CT molecular complexity index is 868. The molecule has 4 nitrogen and oxygen atoms in total. The van der Waals surface area contributed by atoms with Gasteiger partial charge in [0.05, 0.1) is 0 Å². The first-order valence-electron chi connectivity index (χ1n) is 7.21. The zero-order valence-electron chi connectivity index (χ0n) is 12.8. The number of para-hydroxylation sites is 1. The average Bonchev–Trinajstić information content (AvgIpc) is 2.73. The van der Waals surface area contributed by atoms with E-state index in [4.69, 9.17) is 0 Å². The smallest absolute Gasteiger partial charge is 0.285 e. The van der Waals surface area contributed by atoms with E-state index in [2.05, 4.69) is 29.6 Å². The predicted octanol–water partition coefficient (Wildman–Crippen LogP) is 3.68. The maximum atomic E-state index is 12.1. The Kier molecular flexibility index (Phi) is 3.53. The van der Waals surface area contributed by atoms with Gasteiger partial charge in [-0.2, -0.15) is 8.42 Å². The lowest BCUT2D eigenvalue weighted by Crippen LogP contribution is -2.14. The highest BCUT2D eigenvalue weighted by Gasteiger charge is 2.29. The van der Waals surface area contributed by atoms with Crippen molar-refractivity contribution in [3.63, 3.8) is 0 Å². The Morgan fingerprint density at radius 1 is 1.05 bits per heavy atom. The van der Waals surface area contributed by atoms with Gasteiger partial charge in [-0.05, 0) is 36.1 Å². The molecule has 0 saturated carbocycles. The molecule has 0 saturated heterocycles. The fourth-order valence-corrected chi connectivity index (χ4v) is 3.83. The summed E-state index contributed by atoms with van der Waals surface area (Å²) >= 11 is 0. The van der Waals surface area contributed by atoms with E-state index in [0.717, 1.165) is 16.8 Å². The van der Waals surface area contributed by atoms with Crippen LogP contribution in [0.2, 0.25) is 0 Å². The molecule has 0 radical (unpaired) electrons. The van der Waals surface area contributed by atoms with Crippen LogP contribution in [0.15, 0.2) is 51.8 Å². The zero-order valence-corrected chi connectivity index (χ0v) is 13.6. The van der Waals surface area contributed by atoms with Crippen molar-refractivity contribution in [3.8, 4) is 0 Å². The van der Waals surface area contributed by atoms with Gasteiger partial charge in [0.25, 0.3) is 10.0 Å². The molecule has 0 bridgehead atoms. The summed E-state index contributed by atoms with van der Waals surface area (Å²) in [4.78, 5) is 0.261. The van der Waals surface area contributed by atoms with Crippen LogP contribution in [0.25, 0.3) is 0 Å². The topological polar surface area (TPSA) is 58.5 Å². The van der Waals surface area contributed by atoms with E-state index in [-0.39, 0.29) is 4.90 Å². The average molecular weight is 314 g/mol. The molecule has 1 aliphatic heterocycles. The molecule has 2 aromatic rings. The fraction of sp³-hybridized carbons (Fsp3) is 0.235. The number of sulfonamides is 1. The number of nitrogens with zero attached hydrogens (tertiary/aromatic N) is 1. The highest BCUT2D eigenvalue weighted by atomic mass is 32.2. The number of hydrogen-bond donors (Lipinski definition) is 1. The number of amidine groups is 1. The highest BCUT2D eigenvalue weighted by molar-refractivity contribution is 7.90. The third kappa shape index (κ3) is 2.41. The Morgan fingerprint density at radius 2 is 1.77 bits per heavy atom. The van der Waals surface area contributed by atoms with Crippen molar-refractivity contribution in [2.75, 3.05) is 5.32 Å². The molecule has 0 aromatic heterocycles. The molecule has 0 spiro atoms. The van der Waals surface area contributed by atoms with Gasteiger partial charge in [0.1, 0.15) is 4.90 Å². The summed E-state index contributed by atoms with van der Waals surface area (Å²) < 4.78 is 28.2. The molecular formula is C17H18N2O2S. The van der Waals surface area contributed by atoms with Crippen molar-refractivity contribution in [1.82, 2.24) is 0 Å². The minimum absolute atomic E-state index is 0.261. The Hall–Kier alpha value is -2.14. The second-order valence-corrected chi connectivity index (χ2v) is 7.30. The van der Waals surface area contributed by atoms with Crippen LogP contribution in [-0.4, -0.2) is 14.3 Å². The third-order valence-electron chi connectivity index (χ3n) is 3.80. The summed E-state index contributed by atoms with van der Waals surface area (Å²) in [7, 11) is -3.60. The minimum Gasteiger partial charge on any atom is -0.339 e. The quantitative estimate of drug-likeness (QED) is 0.920. The van der Waals surface area contributed by atoms with Gasteiger partial charge in [-0.3, -0.25) is 0 Å². The molecule has 1 heterocycles. The van der Waals surface area contributed by atoms with Crippen LogP contribution in [0.5, 0.6) is 0 Å². The van der Waals surface area contributed by atoms with Gasteiger partial charge >= 0.3 is 0 Å². The summed E-state index contributed by atoms with van der Waals surface area (Å²) in [5.74, 6) is 0.725. The number of nitrogens with one attached hydrogen (secondary N) is 1. The fourth-order valence-electron chi connectivity index (χ4n) is 2.66. The lowest BCUT2D eigenvalue weighted by atomic mass is 9.98. The molecular weight excluding hydrogens is 296 g/mol. The Labute approximate surface area is 131 Å². The van der Waals surface area contributed by atoms with Crippen molar-refractivity contribution in [2.45, 2.75) is 31.6 Å². The summed E-state index contributed by atoms with van der Waals surface area (Å²) in [6.45, 7) is 6.23. The molecule has 2 aromatic carbocycles. The first-order chi connectivity index (χ1) is 10.4. The van der Waals surface area contributed by atoms with E-state index < -0.39 is 10.0 Å². The SMILES string of the molecule is Cc1cccc(C(C)C)c1NC1=NS(=O)(=O)c2ccccc21. The van der Waals surface area contributed by atoms with Crippen LogP contribution < -0.4 is 5.32 Å². The Balaban J connectivity index is 2.10. The van der Waals surface area contributed by atoms with Crippen molar-refractivity contribution < 1.29 is 8.42 Å². The van der Waals surface area contributed by atoms with Crippen LogP contribution in [0.4, 0.5) is 5.69 Å². The van der Waals surface area contributed by atoms with Crippen LogP contribution in [0.1, 0.15) is 36.5 Å². The number of hydrogen-bond acceptors (Lipinski definition) is 3. The maximum Gasteiger partial charge on any atom is 0.285 e. The van der Waals surface area contributed by atoms with Crippen molar-refractivity contribution in [3.05, 3.63) is 59.2 Å². The third-order valence-corrected chi connectivity index (χ3v) is 5.14. The van der Waals surface area contributed by atoms with Gasteiger partial charge in [0.15, 0.2) is 5.84 Å². The van der Waals surface area contributed by atoms with Gasteiger partial charge in [0.2, 0.25) is 0 Å². The van der Waals surface area contributed by atoms with E-state index in [1.165, 1.54) is 0 Å². The molecule has 3 rings (SSSR count). The van der Waals surface area contributed by atoms with Crippen LogP contribution in [0, 0.1) is 6.92 Å². The zero-order chi connectivity index (χ0) is 15.9. The summed E-state index contributed by atoms with van der Waals surface area (Å²) in [6.07, 6.45) is 0. The van der Waals surface area contributed by atoms with Gasteiger partial charge in [0, 0.05) is 11.3 Å². The highest BCUT2D eigenvalue weighted by Crippen LogP contribution is 2.31. The molecule has 1 N–H and O–H groups in total. The normalized spacial score (nSPS) is 15.5. The number of fused-ring (bicyclic) bond motifs is 1. The van der Waals surface area contributed by atoms with Gasteiger partial charge in [-0.25, -0.2) is 0 Å². The summed E-state index contributed by atoms with van der Waals surface area (Å²) in [5, 5.41) is 3.24. The minimum atomic E-state index is -3.60. The van der Waals surface area contributed by atoms with E-state index >= 15 is 0 Å². The van der Waals surface area contributed by atoms with Gasteiger partial charge in [-0.15, -0.1) is 4.40 Å². The van der Waals surface area contributed by atoms with Gasteiger partial charge in [-0.1, -0.05) is 44.2 Å². The second-order valence-electron chi connectivity index (χ2n) is 5.73. The van der Waals surface area contributed by atoms with E-state index in [0.29, 0.717) is 17.3 Å². The van der Waals surface area contributed by atoms with E-state index in [1.54, 1.807) is 18.2 Å². The molecule has 0 unspecified atom stereocenters. The van der Waals surface area contributed by atoms with Crippen LogP contribution in [-0.2, 0) is 10.0 Å². The molecule has 114 valence electrons. The molecule has 0 aliphatic carbocycles.